The molecule has 4 aromatic rings. The standard InChI is InChI=1S/C27H24FN3O2S/c1-15-12-16(2)26(32)21(13-15)23-22-24(30-29-23)27(33)31(14-17-4-8-19(28)9-5-17)25(22)18-6-10-20(34-3)11-7-18/h4-13,25,32H,14H2,1-3H3,(H,29,30). The molecule has 0 bridgehead atoms. The van der Waals surface area contributed by atoms with E-state index in [0.717, 1.165) is 32.7 Å². The van der Waals surface area contributed by atoms with Crippen LogP contribution in [-0.2, 0) is 6.54 Å². The molecule has 0 spiro atoms. The second-order valence-electron chi connectivity index (χ2n) is 8.57. The van der Waals surface area contributed by atoms with Crippen molar-refractivity contribution >= 4 is 17.7 Å². The van der Waals surface area contributed by atoms with Gasteiger partial charge in [0, 0.05) is 22.6 Å². The highest BCUT2D eigenvalue weighted by molar-refractivity contribution is 7.98. The van der Waals surface area contributed by atoms with Gasteiger partial charge in [-0.2, -0.15) is 5.10 Å². The first-order chi connectivity index (χ1) is 16.4. The Kier molecular flexibility index (Phi) is 5.65. The lowest BCUT2D eigenvalue weighted by Gasteiger charge is -2.27. The summed E-state index contributed by atoms with van der Waals surface area (Å²) in [6.45, 7) is 4.13. The van der Waals surface area contributed by atoms with Crippen LogP contribution in [-0.4, -0.2) is 32.4 Å². The Morgan fingerprint density at radius 2 is 1.79 bits per heavy atom. The number of fused-ring (bicyclic) bond motifs is 1. The number of aromatic hydroxyl groups is 1. The zero-order valence-corrected chi connectivity index (χ0v) is 19.9. The number of carbonyl (C=O) groups is 1. The van der Waals surface area contributed by atoms with E-state index < -0.39 is 6.04 Å². The van der Waals surface area contributed by atoms with Crippen LogP contribution >= 0.6 is 11.8 Å². The molecular weight excluding hydrogens is 449 g/mol. The normalized spacial score (nSPS) is 15.1. The largest absolute Gasteiger partial charge is 0.507 e. The summed E-state index contributed by atoms with van der Waals surface area (Å²) in [7, 11) is 0. The Bertz CT molecular complexity index is 1380. The predicted molar refractivity (Wildman–Crippen MR) is 132 cm³/mol. The minimum absolute atomic E-state index is 0.154. The molecule has 1 atom stereocenters. The Morgan fingerprint density at radius 1 is 1.09 bits per heavy atom. The van der Waals surface area contributed by atoms with Crippen molar-refractivity contribution in [3.8, 4) is 17.0 Å². The number of hydrogen-bond acceptors (Lipinski definition) is 4. The fourth-order valence-electron chi connectivity index (χ4n) is 4.62. The highest BCUT2D eigenvalue weighted by Gasteiger charge is 2.42. The van der Waals surface area contributed by atoms with Crippen LogP contribution in [0.5, 0.6) is 5.75 Å². The summed E-state index contributed by atoms with van der Waals surface area (Å²) in [5.41, 5.74) is 5.83. The fourth-order valence-corrected chi connectivity index (χ4v) is 5.03. The number of H-pyrrole nitrogens is 1. The lowest BCUT2D eigenvalue weighted by atomic mass is 9.94. The SMILES string of the molecule is CSc1ccc(C2c3c(-c4cc(C)cc(C)c4O)n[nH]c3C(=O)N2Cc2ccc(F)cc2)cc1. The molecule has 0 saturated heterocycles. The molecule has 5 rings (SSSR count). The van der Waals surface area contributed by atoms with Crippen molar-refractivity contribution in [2.75, 3.05) is 6.26 Å². The lowest BCUT2D eigenvalue weighted by Crippen LogP contribution is -2.29. The summed E-state index contributed by atoms with van der Waals surface area (Å²) < 4.78 is 13.5. The van der Waals surface area contributed by atoms with Gasteiger partial charge in [0.25, 0.3) is 5.91 Å². The Labute approximate surface area is 201 Å². The van der Waals surface area contributed by atoms with Crippen molar-refractivity contribution < 1.29 is 14.3 Å². The van der Waals surface area contributed by atoms with Crippen LogP contribution in [0.15, 0.2) is 65.6 Å². The van der Waals surface area contributed by atoms with Crippen LogP contribution in [0.25, 0.3) is 11.3 Å². The number of phenols is 1. The van der Waals surface area contributed by atoms with Gasteiger partial charge in [0.1, 0.15) is 23.0 Å². The number of carbonyl (C=O) groups excluding carboxylic acids is 1. The van der Waals surface area contributed by atoms with Crippen LogP contribution in [0.2, 0.25) is 0 Å². The predicted octanol–water partition coefficient (Wildman–Crippen LogP) is 6.01. The molecule has 1 unspecified atom stereocenters. The Balaban J connectivity index is 1.67. The second kappa shape index (κ2) is 8.65. The number of aromatic nitrogens is 2. The minimum Gasteiger partial charge on any atom is -0.507 e. The summed E-state index contributed by atoms with van der Waals surface area (Å²) >= 11 is 1.65. The van der Waals surface area contributed by atoms with Gasteiger partial charge in [-0.05, 0) is 72.7 Å². The van der Waals surface area contributed by atoms with Gasteiger partial charge >= 0.3 is 0 Å². The molecule has 1 aliphatic heterocycles. The molecule has 172 valence electrons. The summed E-state index contributed by atoms with van der Waals surface area (Å²) in [6.07, 6.45) is 2.02. The van der Waals surface area contributed by atoms with Crippen LogP contribution in [0.4, 0.5) is 4.39 Å². The number of nitrogens with one attached hydrogen (secondary N) is 1. The monoisotopic (exact) mass is 473 g/mol. The fraction of sp³-hybridized carbons (Fsp3) is 0.185. The summed E-state index contributed by atoms with van der Waals surface area (Å²) in [5.74, 6) is -0.343. The van der Waals surface area contributed by atoms with E-state index in [2.05, 4.69) is 10.2 Å². The first kappa shape index (κ1) is 22.2. The van der Waals surface area contributed by atoms with Gasteiger partial charge < -0.3 is 10.0 Å². The van der Waals surface area contributed by atoms with Gasteiger partial charge in [0.05, 0.1) is 6.04 Å². The number of halogens is 1. The second-order valence-corrected chi connectivity index (χ2v) is 9.45. The van der Waals surface area contributed by atoms with Crippen LogP contribution < -0.4 is 0 Å². The molecule has 5 nitrogen and oxygen atoms in total. The summed E-state index contributed by atoms with van der Waals surface area (Å²) in [6, 6.07) is 17.7. The average Bonchev–Trinajstić information content (AvgIpc) is 3.37. The van der Waals surface area contributed by atoms with E-state index in [1.165, 1.54) is 12.1 Å². The molecule has 0 fully saturated rings. The number of aryl methyl sites for hydroxylation is 2. The van der Waals surface area contributed by atoms with Crippen LogP contribution in [0.3, 0.4) is 0 Å². The quantitative estimate of drug-likeness (QED) is 0.349. The zero-order chi connectivity index (χ0) is 24.0. The average molecular weight is 474 g/mol. The Morgan fingerprint density at radius 3 is 2.47 bits per heavy atom. The summed E-state index contributed by atoms with van der Waals surface area (Å²) in [5, 5.41) is 18.3. The van der Waals surface area contributed by atoms with E-state index in [-0.39, 0.29) is 17.5 Å². The molecule has 1 aromatic heterocycles. The maximum atomic E-state index is 13.6. The van der Waals surface area contributed by atoms with Crippen molar-refractivity contribution in [2.24, 2.45) is 0 Å². The van der Waals surface area contributed by atoms with Crippen LogP contribution in [0, 0.1) is 19.7 Å². The van der Waals surface area contributed by atoms with E-state index in [0.29, 0.717) is 23.5 Å². The number of benzene rings is 3. The van der Waals surface area contributed by atoms with Gasteiger partial charge in [-0.1, -0.05) is 30.3 Å². The van der Waals surface area contributed by atoms with Gasteiger partial charge in [0.15, 0.2) is 0 Å². The van der Waals surface area contributed by atoms with Crippen LogP contribution in [0.1, 0.15) is 44.3 Å². The van der Waals surface area contributed by atoms with Crippen molar-refractivity contribution in [1.29, 1.82) is 0 Å². The molecular formula is C27H24FN3O2S. The molecule has 0 saturated carbocycles. The van der Waals surface area contributed by atoms with Crippen molar-refractivity contribution in [3.63, 3.8) is 0 Å². The van der Waals surface area contributed by atoms with E-state index in [9.17, 15) is 14.3 Å². The molecule has 0 aliphatic carbocycles. The lowest BCUT2D eigenvalue weighted by molar-refractivity contribution is 0.0730. The highest BCUT2D eigenvalue weighted by Crippen LogP contribution is 2.46. The number of nitrogens with zero attached hydrogens (tertiary/aromatic N) is 2. The Hall–Kier alpha value is -3.58. The number of aromatic amines is 1. The van der Waals surface area contributed by atoms with Gasteiger partial charge in [0.2, 0.25) is 0 Å². The highest BCUT2D eigenvalue weighted by atomic mass is 32.2. The molecule has 1 amide bonds. The minimum atomic E-state index is -0.405. The number of hydrogen-bond donors (Lipinski definition) is 2. The van der Waals surface area contributed by atoms with E-state index >= 15 is 0 Å². The third kappa shape index (κ3) is 3.76. The smallest absolute Gasteiger partial charge is 0.273 e. The van der Waals surface area contributed by atoms with Crippen molar-refractivity contribution in [3.05, 3.63) is 100.0 Å². The number of rotatable bonds is 5. The molecule has 2 N–H and O–H groups in total. The van der Waals surface area contributed by atoms with Crippen molar-refractivity contribution in [1.82, 2.24) is 15.1 Å². The first-order valence-corrected chi connectivity index (χ1v) is 12.2. The zero-order valence-electron chi connectivity index (χ0n) is 19.1. The third-order valence-corrected chi connectivity index (χ3v) is 7.01. The molecule has 7 heteroatoms. The maximum Gasteiger partial charge on any atom is 0.273 e. The van der Waals surface area contributed by atoms with Gasteiger partial charge in [-0.25, -0.2) is 4.39 Å². The number of phenolic OH excluding ortho intramolecular Hbond substituents is 1. The molecule has 0 radical (unpaired) electrons. The van der Waals surface area contributed by atoms with E-state index in [1.54, 1.807) is 28.8 Å². The topological polar surface area (TPSA) is 69.2 Å². The maximum absolute atomic E-state index is 13.6. The van der Waals surface area contributed by atoms with Gasteiger partial charge in [-0.3, -0.25) is 9.89 Å². The number of amides is 1. The van der Waals surface area contributed by atoms with E-state index in [1.807, 2.05) is 56.5 Å². The van der Waals surface area contributed by atoms with Gasteiger partial charge in [-0.15, -0.1) is 11.8 Å². The molecule has 1 aliphatic rings. The number of thioether (sulfide) groups is 1. The third-order valence-electron chi connectivity index (χ3n) is 6.26. The molecule has 3 aromatic carbocycles. The first-order valence-electron chi connectivity index (χ1n) is 11.0. The molecule has 34 heavy (non-hydrogen) atoms. The van der Waals surface area contributed by atoms with Crippen molar-refractivity contribution in [2.45, 2.75) is 31.3 Å². The van der Waals surface area contributed by atoms with E-state index in [4.69, 9.17) is 0 Å². The summed E-state index contributed by atoms with van der Waals surface area (Å²) in [4.78, 5) is 16.4. The molecule has 2 heterocycles.